The van der Waals surface area contributed by atoms with E-state index in [9.17, 15) is 13.6 Å². The van der Waals surface area contributed by atoms with Crippen LogP contribution in [0.1, 0.15) is 29.7 Å². The molecule has 0 aliphatic rings. The van der Waals surface area contributed by atoms with E-state index in [1.807, 2.05) is 19.9 Å². The minimum absolute atomic E-state index is 0.0517. The molecule has 0 atom stereocenters. The lowest BCUT2D eigenvalue weighted by Crippen LogP contribution is -2.21. The monoisotopic (exact) mass is 449 g/mol. The van der Waals surface area contributed by atoms with Gasteiger partial charge in [-0.1, -0.05) is 6.92 Å². The van der Waals surface area contributed by atoms with Gasteiger partial charge in [-0.05, 0) is 31.5 Å². The maximum absolute atomic E-state index is 13.8. The molecule has 0 aliphatic heterocycles. The zero-order valence-corrected chi connectivity index (χ0v) is 18.3. The molecule has 0 radical (unpaired) electrons. The van der Waals surface area contributed by atoms with Crippen molar-refractivity contribution in [2.45, 2.75) is 33.8 Å². The summed E-state index contributed by atoms with van der Waals surface area (Å²) in [7, 11) is 0. The zero-order valence-electron chi connectivity index (χ0n) is 18.3. The SMILES string of the molecule is CCc1nccc(-c2cc(-n3c(C)cc(OCc4ncc(F)cc4F)cc3=O)c(C)cn2)n1. The van der Waals surface area contributed by atoms with Gasteiger partial charge in [0.05, 0.1) is 23.3 Å². The summed E-state index contributed by atoms with van der Waals surface area (Å²) < 4.78 is 33.9. The third-order valence-electron chi connectivity index (χ3n) is 5.05. The summed E-state index contributed by atoms with van der Waals surface area (Å²) in [6, 6.07) is 7.30. The smallest absolute Gasteiger partial charge is 0.259 e. The molecule has 0 saturated carbocycles. The Morgan fingerprint density at radius 3 is 2.55 bits per heavy atom. The van der Waals surface area contributed by atoms with E-state index in [2.05, 4.69) is 19.9 Å². The number of ether oxygens (including phenoxy) is 1. The largest absolute Gasteiger partial charge is 0.487 e. The van der Waals surface area contributed by atoms with Gasteiger partial charge in [0.25, 0.3) is 5.56 Å². The van der Waals surface area contributed by atoms with Gasteiger partial charge in [-0.3, -0.25) is 19.3 Å². The normalized spacial score (nSPS) is 10.9. The van der Waals surface area contributed by atoms with Crippen molar-refractivity contribution in [2.24, 2.45) is 0 Å². The van der Waals surface area contributed by atoms with Crippen LogP contribution in [0.4, 0.5) is 8.78 Å². The molecule has 0 aliphatic carbocycles. The first-order valence-electron chi connectivity index (χ1n) is 10.3. The Kier molecular flexibility index (Phi) is 6.21. The molecule has 0 saturated heterocycles. The van der Waals surface area contributed by atoms with Gasteiger partial charge >= 0.3 is 0 Å². The summed E-state index contributed by atoms with van der Waals surface area (Å²) in [6.07, 6.45) is 4.99. The molecule has 0 fully saturated rings. The molecule has 9 heteroatoms. The Balaban J connectivity index is 1.66. The van der Waals surface area contributed by atoms with Crippen LogP contribution in [0.15, 0.2) is 53.7 Å². The van der Waals surface area contributed by atoms with E-state index >= 15 is 0 Å². The van der Waals surface area contributed by atoms with Crippen LogP contribution in [0.2, 0.25) is 0 Å². The van der Waals surface area contributed by atoms with Crippen molar-refractivity contribution in [2.75, 3.05) is 0 Å². The zero-order chi connectivity index (χ0) is 23.5. The Bertz CT molecular complexity index is 1390. The molecule has 168 valence electrons. The number of aryl methyl sites for hydroxylation is 3. The van der Waals surface area contributed by atoms with Gasteiger partial charge in [0, 0.05) is 42.7 Å². The van der Waals surface area contributed by atoms with Gasteiger partial charge in [0.2, 0.25) is 0 Å². The molecule has 4 heterocycles. The van der Waals surface area contributed by atoms with Crippen molar-refractivity contribution < 1.29 is 13.5 Å². The number of halogens is 2. The molecule has 0 bridgehead atoms. The van der Waals surface area contributed by atoms with Crippen LogP contribution in [0, 0.1) is 25.5 Å². The first-order chi connectivity index (χ1) is 15.9. The maximum Gasteiger partial charge on any atom is 0.259 e. The van der Waals surface area contributed by atoms with E-state index in [1.54, 1.807) is 36.0 Å². The molecule has 7 nitrogen and oxygen atoms in total. The first-order valence-corrected chi connectivity index (χ1v) is 10.3. The van der Waals surface area contributed by atoms with Gasteiger partial charge in [-0.2, -0.15) is 0 Å². The molecule has 0 amide bonds. The lowest BCUT2D eigenvalue weighted by Gasteiger charge is -2.15. The number of nitrogens with zero attached hydrogens (tertiary/aromatic N) is 5. The fourth-order valence-electron chi connectivity index (χ4n) is 3.37. The van der Waals surface area contributed by atoms with Gasteiger partial charge in [-0.15, -0.1) is 0 Å². The summed E-state index contributed by atoms with van der Waals surface area (Å²) >= 11 is 0. The Labute approximate surface area is 188 Å². The van der Waals surface area contributed by atoms with E-state index in [4.69, 9.17) is 4.74 Å². The van der Waals surface area contributed by atoms with Crippen LogP contribution in [0.3, 0.4) is 0 Å². The second kappa shape index (κ2) is 9.23. The van der Waals surface area contributed by atoms with E-state index < -0.39 is 11.6 Å². The summed E-state index contributed by atoms with van der Waals surface area (Å²) in [5.74, 6) is -0.612. The Hall–Kier alpha value is -4.01. The topological polar surface area (TPSA) is 82.8 Å². The van der Waals surface area contributed by atoms with Gasteiger partial charge in [0.15, 0.2) is 5.82 Å². The first kappa shape index (κ1) is 22.2. The maximum atomic E-state index is 13.8. The number of hydrogen-bond donors (Lipinski definition) is 0. The van der Waals surface area contributed by atoms with Crippen molar-refractivity contribution in [3.8, 4) is 22.8 Å². The number of hydrogen-bond acceptors (Lipinski definition) is 6. The average molecular weight is 449 g/mol. The second-order valence-electron chi connectivity index (χ2n) is 7.44. The van der Waals surface area contributed by atoms with Crippen LogP contribution in [-0.4, -0.2) is 24.5 Å². The molecule has 4 aromatic rings. The predicted molar refractivity (Wildman–Crippen MR) is 118 cm³/mol. The molecule has 0 unspecified atom stereocenters. The van der Waals surface area contributed by atoms with Crippen molar-refractivity contribution in [1.29, 1.82) is 0 Å². The van der Waals surface area contributed by atoms with Crippen LogP contribution in [-0.2, 0) is 13.0 Å². The van der Waals surface area contributed by atoms with Crippen molar-refractivity contribution >= 4 is 0 Å². The molecule has 4 aromatic heterocycles. The highest BCUT2D eigenvalue weighted by molar-refractivity contribution is 5.59. The van der Waals surface area contributed by atoms with Crippen LogP contribution >= 0.6 is 0 Å². The van der Waals surface area contributed by atoms with Crippen molar-refractivity contribution in [1.82, 2.24) is 24.5 Å². The molecule has 0 aromatic carbocycles. The highest BCUT2D eigenvalue weighted by atomic mass is 19.1. The van der Waals surface area contributed by atoms with E-state index in [0.717, 1.165) is 17.8 Å². The third kappa shape index (κ3) is 4.77. The summed E-state index contributed by atoms with van der Waals surface area (Å²) in [5.41, 5.74) is 3.00. The predicted octanol–water partition coefficient (Wildman–Crippen LogP) is 4.12. The van der Waals surface area contributed by atoms with Crippen LogP contribution in [0.25, 0.3) is 17.1 Å². The van der Waals surface area contributed by atoms with E-state index in [0.29, 0.717) is 35.0 Å². The summed E-state index contributed by atoms with van der Waals surface area (Å²) in [5, 5.41) is 0. The van der Waals surface area contributed by atoms with Gasteiger partial charge in [-0.25, -0.2) is 18.7 Å². The molecule has 0 N–H and O–H groups in total. The fourth-order valence-corrected chi connectivity index (χ4v) is 3.37. The number of rotatable bonds is 6. The highest BCUT2D eigenvalue weighted by Gasteiger charge is 2.13. The molecule has 33 heavy (non-hydrogen) atoms. The molecular formula is C24H21F2N5O2. The Morgan fingerprint density at radius 1 is 1.00 bits per heavy atom. The van der Waals surface area contributed by atoms with Crippen LogP contribution in [0.5, 0.6) is 5.75 Å². The van der Waals surface area contributed by atoms with Crippen molar-refractivity contribution in [3.63, 3.8) is 0 Å². The lowest BCUT2D eigenvalue weighted by molar-refractivity contribution is 0.292. The van der Waals surface area contributed by atoms with Gasteiger partial charge < -0.3 is 4.74 Å². The van der Waals surface area contributed by atoms with E-state index in [1.165, 1.54) is 6.07 Å². The molecule has 0 spiro atoms. The number of pyridine rings is 3. The lowest BCUT2D eigenvalue weighted by atomic mass is 10.1. The van der Waals surface area contributed by atoms with Crippen molar-refractivity contribution in [3.05, 3.63) is 93.7 Å². The van der Waals surface area contributed by atoms with Crippen LogP contribution < -0.4 is 10.3 Å². The fraction of sp³-hybridized carbons (Fsp3) is 0.208. The molecular weight excluding hydrogens is 428 g/mol. The highest BCUT2D eigenvalue weighted by Crippen LogP contribution is 2.23. The number of aromatic nitrogens is 5. The quantitative estimate of drug-likeness (QED) is 0.440. The summed E-state index contributed by atoms with van der Waals surface area (Å²) in [6.45, 7) is 5.37. The minimum Gasteiger partial charge on any atom is -0.487 e. The molecule has 4 rings (SSSR count). The van der Waals surface area contributed by atoms with E-state index in [-0.39, 0.29) is 23.6 Å². The minimum atomic E-state index is -0.809. The third-order valence-corrected chi connectivity index (χ3v) is 5.05. The average Bonchev–Trinajstić information content (AvgIpc) is 2.79. The van der Waals surface area contributed by atoms with Gasteiger partial charge in [0.1, 0.15) is 29.7 Å². The standard InChI is InChI=1S/C24H21F2N5O2/c1-4-23-27-6-5-19(30-23)20-10-22(14(2)11-28-20)31-15(3)7-17(9-24(31)32)33-13-21-18(26)8-16(25)12-29-21/h5-12H,4,13H2,1-3H3. The summed E-state index contributed by atoms with van der Waals surface area (Å²) in [4.78, 5) is 29.9. The Morgan fingerprint density at radius 2 is 1.82 bits per heavy atom. The second-order valence-corrected chi connectivity index (χ2v) is 7.44.